The number of anilines is 1. The molecular weight excluding hydrogens is 374 g/mol. The molecule has 1 amide bonds. The Kier molecular flexibility index (Phi) is 5.21. The first kappa shape index (κ1) is 17.5. The first-order valence-corrected chi connectivity index (χ1v) is 9.73. The van der Waals surface area contributed by atoms with Gasteiger partial charge in [-0.1, -0.05) is 22.9 Å². The number of rotatable bonds is 5. The van der Waals surface area contributed by atoms with Crippen LogP contribution in [0, 0.1) is 0 Å². The Morgan fingerprint density at radius 2 is 2.15 bits per heavy atom. The first-order valence-electron chi connectivity index (χ1n) is 8.53. The number of carbonyl (C=O) groups excluding carboxylic acids is 1. The summed E-state index contributed by atoms with van der Waals surface area (Å²) in [6.45, 7) is 4.85. The maximum absolute atomic E-state index is 13.0. The van der Waals surface area contributed by atoms with E-state index in [9.17, 15) is 4.79 Å². The highest BCUT2D eigenvalue weighted by Gasteiger charge is 2.25. The molecule has 136 valence electrons. The van der Waals surface area contributed by atoms with Crippen LogP contribution in [0.3, 0.4) is 0 Å². The average molecular weight is 393 g/mol. The second-order valence-electron chi connectivity index (χ2n) is 6.15. The molecule has 0 spiro atoms. The van der Waals surface area contributed by atoms with Crippen molar-refractivity contribution in [2.45, 2.75) is 0 Å². The second kappa shape index (κ2) is 7.75. The molecule has 0 aliphatic carbocycles. The van der Waals surface area contributed by atoms with Crippen molar-refractivity contribution >= 4 is 44.2 Å². The van der Waals surface area contributed by atoms with Crippen LogP contribution in [0.2, 0.25) is 5.02 Å². The Balaban J connectivity index is 1.60. The molecule has 0 radical (unpaired) electrons. The lowest BCUT2D eigenvalue weighted by Gasteiger charge is -2.26. The zero-order valence-corrected chi connectivity index (χ0v) is 15.7. The number of amides is 1. The van der Waals surface area contributed by atoms with Crippen molar-refractivity contribution in [3.8, 4) is 0 Å². The number of halogens is 1. The van der Waals surface area contributed by atoms with Crippen molar-refractivity contribution in [1.82, 2.24) is 4.98 Å². The summed E-state index contributed by atoms with van der Waals surface area (Å²) in [7, 11) is 0. The molecule has 1 saturated heterocycles. The van der Waals surface area contributed by atoms with Crippen LogP contribution < -0.4 is 9.80 Å². The van der Waals surface area contributed by atoms with Crippen LogP contribution in [-0.2, 0) is 4.74 Å². The highest BCUT2D eigenvalue weighted by atomic mass is 35.5. The zero-order valence-electron chi connectivity index (χ0n) is 14.1. The third kappa shape index (κ3) is 3.76. The van der Waals surface area contributed by atoms with E-state index in [0.29, 0.717) is 22.5 Å². The molecule has 3 aromatic rings. The highest BCUT2D eigenvalue weighted by molar-refractivity contribution is 7.22. The summed E-state index contributed by atoms with van der Waals surface area (Å²) in [6, 6.07) is 8.96. The van der Waals surface area contributed by atoms with E-state index in [1.54, 1.807) is 17.0 Å². The normalized spacial score (nSPS) is 15.4. The van der Waals surface area contributed by atoms with Gasteiger partial charge in [-0.15, -0.1) is 0 Å². The van der Waals surface area contributed by atoms with E-state index in [-0.39, 0.29) is 5.91 Å². The van der Waals surface area contributed by atoms with E-state index >= 15 is 0 Å². The van der Waals surface area contributed by atoms with Crippen molar-refractivity contribution in [3.05, 3.63) is 47.4 Å². The van der Waals surface area contributed by atoms with E-state index in [2.05, 4.69) is 4.98 Å². The monoisotopic (exact) mass is 392 g/mol. The fourth-order valence-corrected chi connectivity index (χ4v) is 4.27. The van der Waals surface area contributed by atoms with Gasteiger partial charge in [0.05, 0.1) is 42.8 Å². The largest absolute Gasteiger partial charge is 0.459 e. The summed E-state index contributed by atoms with van der Waals surface area (Å²) in [6.07, 6.45) is 1.51. The minimum absolute atomic E-state index is 0.173. The first-order chi connectivity index (χ1) is 12.7. The number of hydrogen-bond donors (Lipinski definition) is 1. The molecular formula is C18H19ClN3O3S+. The second-order valence-corrected chi connectivity index (χ2v) is 7.60. The zero-order chi connectivity index (χ0) is 17.9. The lowest BCUT2D eigenvalue weighted by molar-refractivity contribution is -0.906. The Morgan fingerprint density at radius 3 is 2.92 bits per heavy atom. The minimum Gasteiger partial charge on any atom is -0.459 e. The number of furan rings is 1. The van der Waals surface area contributed by atoms with Crippen molar-refractivity contribution in [1.29, 1.82) is 0 Å². The van der Waals surface area contributed by atoms with Crippen molar-refractivity contribution < 1.29 is 18.8 Å². The number of carbonyl (C=O) groups is 1. The summed E-state index contributed by atoms with van der Waals surface area (Å²) in [4.78, 5) is 20.7. The Hall–Kier alpha value is -1.93. The minimum atomic E-state index is -0.173. The summed E-state index contributed by atoms with van der Waals surface area (Å²) >= 11 is 7.55. The maximum atomic E-state index is 13.0. The van der Waals surface area contributed by atoms with E-state index in [1.165, 1.54) is 22.5 Å². The number of nitrogens with zero attached hydrogens (tertiary/aromatic N) is 2. The quantitative estimate of drug-likeness (QED) is 0.722. The van der Waals surface area contributed by atoms with Gasteiger partial charge in [0.1, 0.15) is 13.1 Å². The summed E-state index contributed by atoms with van der Waals surface area (Å²) in [5.74, 6) is 0.145. The van der Waals surface area contributed by atoms with Crippen molar-refractivity contribution in [2.24, 2.45) is 0 Å². The van der Waals surface area contributed by atoms with Gasteiger partial charge in [0.2, 0.25) is 0 Å². The van der Waals surface area contributed by atoms with Gasteiger partial charge in [-0.25, -0.2) is 4.98 Å². The van der Waals surface area contributed by atoms with Crippen LogP contribution in [0.1, 0.15) is 10.6 Å². The fraction of sp³-hybridized carbons (Fsp3) is 0.333. The molecule has 1 N–H and O–H groups in total. The van der Waals surface area contributed by atoms with Gasteiger partial charge >= 0.3 is 0 Å². The molecule has 1 aliphatic heterocycles. The van der Waals surface area contributed by atoms with Crippen LogP contribution in [0.25, 0.3) is 10.2 Å². The van der Waals surface area contributed by atoms with Crippen LogP contribution in [-0.4, -0.2) is 50.3 Å². The average Bonchev–Trinajstić information content (AvgIpc) is 3.32. The Morgan fingerprint density at radius 1 is 1.31 bits per heavy atom. The fourth-order valence-electron chi connectivity index (χ4n) is 3.00. The lowest BCUT2D eigenvalue weighted by atomic mass is 10.3. The molecule has 0 saturated carbocycles. The van der Waals surface area contributed by atoms with Gasteiger partial charge in [-0.05, 0) is 30.3 Å². The lowest BCUT2D eigenvalue weighted by Crippen LogP contribution is -3.14. The number of thiazole rings is 1. The predicted molar refractivity (Wildman–Crippen MR) is 101 cm³/mol. The van der Waals surface area contributed by atoms with Crippen LogP contribution in [0.15, 0.2) is 41.0 Å². The van der Waals surface area contributed by atoms with Crippen LogP contribution in [0.5, 0.6) is 0 Å². The van der Waals surface area contributed by atoms with Crippen molar-refractivity contribution in [3.63, 3.8) is 0 Å². The summed E-state index contributed by atoms with van der Waals surface area (Å²) in [5.41, 5.74) is 0.838. The SMILES string of the molecule is O=C(c1ccco1)N(CC[NH+]1CCOCC1)c1nc2ccc(Cl)cc2s1. The number of ether oxygens (including phenoxy) is 1. The summed E-state index contributed by atoms with van der Waals surface area (Å²) < 4.78 is 11.7. The molecule has 0 bridgehead atoms. The van der Waals surface area contributed by atoms with Crippen LogP contribution in [0.4, 0.5) is 5.13 Å². The van der Waals surface area contributed by atoms with E-state index < -0.39 is 0 Å². The molecule has 0 atom stereocenters. The van der Waals surface area contributed by atoms with Gasteiger partial charge in [-0.2, -0.15) is 0 Å². The van der Waals surface area contributed by atoms with E-state index in [0.717, 1.165) is 43.1 Å². The molecule has 1 aliphatic rings. The molecule has 4 rings (SSSR count). The molecule has 3 heterocycles. The van der Waals surface area contributed by atoms with E-state index in [1.807, 2.05) is 18.2 Å². The molecule has 6 nitrogen and oxygen atoms in total. The summed E-state index contributed by atoms with van der Waals surface area (Å²) in [5, 5.41) is 1.32. The van der Waals surface area contributed by atoms with E-state index in [4.69, 9.17) is 20.8 Å². The van der Waals surface area contributed by atoms with Gasteiger partial charge in [0, 0.05) is 5.02 Å². The number of benzene rings is 1. The molecule has 8 heteroatoms. The Labute approximate surface area is 159 Å². The van der Waals surface area contributed by atoms with Gasteiger partial charge in [-0.3, -0.25) is 9.69 Å². The number of fused-ring (bicyclic) bond motifs is 1. The van der Waals surface area contributed by atoms with Crippen LogP contribution >= 0.6 is 22.9 Å². The number of hydrogen-bond acceptors (Lipinski definition) is 5. The molecule has 2 aromatic heterocycles. The standard InChI is InChI=1S/C18H18ClN3O3S/c19-13-3-4-14-16(12-13)26-18(20-14)22(17(23)15-2-1-9-25-15)6-5-21-7-10-24-11-8-21/h1-4,9,12H,5-8,10-11H2/p+1. The molecule has 1 fully saturated rings. The number of aromatic nitrogens is 1. The maximum Gasteiger partial charge on any atom is 0.295 e. The van der Waals surface area contributed by atoms with Gasteiger partial charge < -0.3 is 14.1 Å². The smallest absolute Gasteiger partial charge is 0.295 e. The molecule has 1 aromatic carbocycles. The Bertz CT molecular complexity index is 890. The third-order valence-electron chi connectivity index (χ3n) is 4.44. The van der Waals surface area contributed by atoms with Gasteiger partial charge in [0.25, 0.3) is 5.91 Å². The van der Waals surface area contributed by atoms with Crippen molar-refractivity contribution in [2.75, 3.05) is 44.3 Å². The number of nitrogens with one attached hydrogen (secondary N) is 1. The van der Waals surface area contributed by atoms with Gasteiger partial charge in [0.15, 0.2) is 10.9 Å². The third-order valence-corrected chi connectivity index (χ3v) is 5.71. The number of morpholine rings is 1. The molecule has 0 unspecified atom stereocenters. The predicted octanol–water partition coefficient (Wildman–Crippen LogP) is 2.10. The number of quaternary nitrogens is 1. The highest BCUT2D eigenvalue weighted by Crippen LogP contribution is 2.31. The molecule has 26 heavy (non-hydrogen) atoms. The topological polar surface area (TPSA) is 60.0 Å².